The summed E-state index contributed by atoms with van der Waals surface area (Å²) in [7, 11) is -3.69. The maximum atomic E-state index is 13.8. The van der Waals surface area contributed by atoms with Crippen molar-refractivity contribution in [2.45, 2.75) is 43.0 Å². The van der Waals surface area contributed by atoms with Crippen LogP contribution in [-0.4, -0.2) is 78.8 Å². The van der Waals surface area contributed by atoms with Gasteiger partial charge >= 0.3 is 0 Å². The van der Waals surface area contributed by atoms with Gasteiger partial charge in [-0.15, -0.1) is 0 Å². The van der Waals surface area contributed by atoms with E-state index in [1.165, 1.54) is 36.1 Å². The van der Waals surface area contributed by atoms with Crippen LogP contribution >= 0.6 is 0 Å². The second kappa shape index (κ2) is 11.8. The first-order chi connectivity index (χ1) is 19.9. The Bertz CT molecular complexity index is 1510. The molecule has 0 spiro atoms. The smallest absolute Gasteiger partial charge is 0.243 e. The largest absolute Gasteiger partial charge is 0.324 e. The van der Waals surface area contributed by atoms with E-state index in [1.807, 2.05) is 0 Å². The topological polar surface area (TPSA) is 111 Å². The molecule has 2 fully saturated rings. The van der Waals surface area contributed by atoms with E-state index >= 15 is 0 Å². The molecule has 0 bridgehead atoms. The molecule has 2 aromatic carbocycles. The Morgan fingerprint density at radius 2 is 1.80 bits per heavy atom. The first-order valence-electron chi connectivity index (χ1n) is 14.1. The van der Waals surface area contributed by atoms with Crippen molar-refractivity contribution in [3.63, 3.8) is 0 Å². The van der Waals surface area contributed by atoms with E-state index in [9.17, 15) is 17.6 Å². The Balaban J connectivity index is 1.18. The van der Waals surface area contributed by atoms with Crippen LogP contribution in [0, 0.1) is 5.82 Å². The second-order valence-corrected chi connectivity index (χ2v) is 12.6. The van der Waals surface area contributed by atoms with E-state index in [4.69, 9.17) is 0 Å². The average molecular weight is 580 g/mol. The number of fused-ring (bicyclic) bond motifs is 1. The highest BCUT2D eigenvalue weighted by Gasteiger charge is 2.33. The lowest BCUT2D eigenvalue weighted by Crippen LogP contribution is -2.48. The van der Waals surface area contributed by atoms with Gasteiger partial charge in [0.05, 0.1) is 17.0 Å². The molecular weight excluding hydrogens is 545 g/mol. The molecule has 0 saturated carbocycles. The van der Waals surface area contributed by atoms with E-state index < -0.39 is 10.0 Å². The van der Waals surface area contributed by atoms with E-state index in [-0.39, 0.29) is 35.0 Å². The highest BCUT2D eigenvalue weighted by molar-refractivity contribution is 7.89. The summed E-state index contributed by atoms with van der Waals surface area (Å²) in [5, 5.41) is 6.44. The molecule has 6 rings (SSSR count). The summed E-state index contributed by atoms with van der Waals surface area (Å²) >= 11 is 0. The number of halogens is 1. The van der Waals surface area contributed by atoms with Gasteiger partial charge in [0.15, 0.2) is 0 Å². The van der Waals surface area contributed by atoms with Gasteiger partial charge in [-0.1, -0.05) is 0 Å². The zero-order valence-electron chi connectivity index (χ0n) is 22.8. The van der Waals surface area contributed by atoms with Gasteiger partial charge in [0, 0.05) is 37.1 Å². The van der Waals surface area contributed by atoms with Gasteiger partial charge in [-0.2, -0.15) is 9.29 Å². The molecule has 41 heavy (non-hydrogen) atoms. The number of hydrogen-bond donors (Lipinski definition) is 2. The number of anilines is 4. The van der Waals surface area contributed by atoms with Gasteiger partial charge in [-0.3, -0.25) is 9.69 Å². The second-order valence-electron chi connectivity index (χ2n) is 10.7. The zero-order chi connectivity index (χ0) is 28.4. The number of aromatic nitrogens is 2. The van der Waals surface area contributed by atoms with Crippen LogP contribution in [0.25, 0.3) is 0 Å². The zero-order valence-corrected chi connectivity index (χ0v) is 23.6. The minimum Gasteiger partial charge on any atom is -0.324 e. The Morgan fingerprint density at radius 1 is 1.05 bits per heavy atom. The predicted molar refractivity (Wildman–Crippen MR) is 154 cm³/mol. The summed E-state index contributed by atoms with van der Waals surface area (Å²) in [6.45, 7) is 4.91. The number of nitrogens with zero attached hydrogens (tertiary/aromatic N) is 5. The third-order valence-corrected chi connectivity index (χ3v) is 9.98. The number of piperidine rings is 1. The fourth-order valence-electron chi connectivity index (χ4n) is 5.89. The summed E-state index contributed by atoms with van der Waals surface area (Å²) in [5.74, 6) is 0.0308. The SMILES string of the molecule is O=C1Cc2cc(F)ccc2N1c1ccnc(Nc2ccc(S(=O)(=O)N(CCN3CCCC3)C3CCNCC3)cc2)n1. The maximum absolute atomic E-state index is 13.8. The lowest BCUT2D eigenvalue weighted by molar-refractivity contribution is -0.116. The molecule has 2 N–H and O–H groups in total. The number of sulfonamides is 1. The highest BCUT2D eigenvalue weighted by Crippen LogP contribution is 2.35. The molecular formula is C29H34FN7O3S. The summed E-state index contributed by atoms with van der Waals surface area (Å²) in [5.41, 5.74) is 1.82. The first-order valence-corrected chi connectivity index (χ1v) is 15.6. The van der Waals surface area contributed by atoms with Crippen LogP contribution in [0.2, 0.25) is 0 Å². The van der Waals surface area contributed by atoms with Crippen molar-refractivity contribution in [3.05, 3.63) is 66.1 Å². The van der Waals surface area contributed by atoms with Gasteiger partial charge in [-0.05, 0) is 99.9 Å². The van der Waals surface area contributed by atoms with Gasteiger partial charge in [0.2, 0.25) is 21.9 Å². The van der Waals surface area contributed by atoms with Crippen LogP contribution in [0.15, 0.2) is 59.6 Å². The molecule has 0 aliphatic carbocycles. The highest BCUT2D eigenvalue weighted by atomic mass is 32.2. The quantitative estimate of drug-likeness (QED) is 0.397. The fourth-order valence-corrected chi connectivity index (χ4v) is 7.57. The van der Waals surface area contributed by atoms with Gasteiger partial charge < -0.3 is 15.5 Å². The van der Waals surface area contributed by atoms with Crippen molar-refractivity contribution in [2.24, 2.45) is 0 Å². The van der Waals surface area contributed by atoms with E-state index in [0.717, 1.165) is 45.6 Å². The van der Waals surface area contributed by atoms with Crippen LogP contribution in [0.4, 0.5) is 27.5 Å². The molecule has 4 heterocycles. The average Bonchev–Trinajstić information content (AvgIpc) is 3.61. The standard InChI is InChI=1S/C29H34FN7O3S/c30-22-3-8-26-21(19-22)20-28(38)37(26)27-11-14-32-29(34-27)33-23-4-6-25(7-5-23)41(39,40)36(24-9-12-31-13-10-24)18-17-35-15-1-2-16-35/h3-8,11,14,19,24,31H,1-2,9-10,12-13,15-18,20H2,(H,32,33,34). The fraction of sp³-hybridized carbons (Fsp3) is 0.414. The van der Waals surface area contributed by atoms with Crippen LogP contribution in [0.5, 0.6) is 0 Å². The number of nitrogens with one attached hydrogen (secondary N) is 2. The molecule has 3 aromatic rings. The first kappa shape index (κ1) is 27.7. The molecule has 1 aromatic heterocycles. The molecule has 12 heteroatoms. The maximum Gasteiger partial charge on any atom is 0.243 e. The molecule has 1 amide bonds. The number of carbonyl (C=O) groups excluding carboxylic acids is 1. The number of rotatable bonds is 9. The molecule has 0 unspecified atom stereocenters. The van der Waals surface area contributed by atoms with E-state index in [0.29, 0.717) is 29.3 Å². The molecule has 216 valence electrons. The van der Waals surface area contributed by atoms with Crippen molar-refractivity contribution in [3.8, 4) is 0 Å². The molecule has 3 aliphatic rings. The monoisotopic (exact) mass is 579 g/mol. The Labute approximate surface area is 239 Å². The van der Waals surface area contributed by atoms with Crippen molar-refractivity contribution in [1.82, 2.24) is 24.5 Å². The Morgan fingerprint density at radius 3 is 2.56 bits per heavy atom. The van der Waals surface area contributed by atoms with E-state index in [2.05, 4.69) is 25.5 Å². The van der Waals surface area contributed by atoms with Crippen molar-refractivity contribution in [2.75, 3.05) is 49.5 Å². The van der Waals surface area contributed by atoms with Gasteiger partial charge in [-0.25, -0.2) is 17.8 Å². The summed E-state index contributed by atoms with van der Waals surface area (Å²) in [4.78, 5) is 25.5. The minimum atomic E-state index is -3.69. The molecule has 3 aliphatic heterocycles. The third-order valence-electron chi connectivity index (χ3n) is 8.01. The van der Waals surface area contributed by atoms with Gasteiger partial charge in [0.1, 0.15) is 11.6 Å². The van der Waals surface area contributed by atoms with Crippen molar-refractivity contribution < 1.29 is 17.6 Å². The number of likely N-dealkylation sites (tertiary alicyclic amines) is 1. The van der Waals surface area contributed by atoms with Crippen LogP contribution < -0.4 is 15.5 Å². The molecule has 10 nitrogen and oxygen atoms in total. The predicted octanol–water partition coefficient (Wildman–Crippen LogP) is 3.42. The van der Waals surface area contributed by atoms with Crippen LogP contribution in [-0.2, 0) is 21.2 Å². The number of hydrogen-bond acceptors (Lipinski definition) is 8. The normalized spacial score (nSPS) is 18.3. The summed E-state index contributed by atoms with van der Waals surface area (Å²) in [6, 6.07) is 12.5. The van der Waals surface area contributed by atoms with E-state index in [1.54, 1.807) is 40.7 Å². The molecule has 0 radical (unpaired) electrons. The minimum absolute atomic E-state index is 0.0206. The summed E-state index contributed by atoms with van der Waals surface area (Å²) < 4.78 is 43.0. The number of benzene rings is 2. The lowest BCUT2D eigenvalue weighted by Gasteiger charge is -2.34. The molecule has 0 atom stereocenters. The Hall–Kier alpha value is -3.45. The Kier molecular flexibility index (Phi) is 7.98. The lowest BCUT2D eigenvalue weighted by atomic mass is 10.1. The number of carbonyl (C=O) groups is 1. The van der Waals surface area contributed by atoms with Crippen molar-refractivity contribution >= 4 is 39.1 Å². The summed E-state index contributed by atoms with van der Waals surface area (Å²) in [6.07, 6.45) is 5.57. The number of amides is 1. The molecule has 2 saturated heterocycles. The van der Waals surface area contributed by atoms with Crippen LogP contribution in [0.3, 0.4) is 0 Å². The van der Waals surface area contributed by atoms with Gasteiger partial charge in [0.25, 0.3) is 0 Å². The van der Waals surface area contributed by atoms with Crippen molar-refractivity contribution in [1.29, 1.82) is 0 Å². The van der Waals surface area contributed by atoms with Crippen LogP contribution in [0.1, 0.15) is 31.2 Å². The third kappa shape index (κ3) is 5.96.